The van der Waals surface area contributed by atoms with Crippen molar-refractivity contribution in [3.8, 4) is 0 Å². The first kappa shape index (κ1) is 8.42. The zero-order valence-corrected chi connectivity index (χ0v) is 8.30. The Balaban J connectivity index is 2.46. The fourth-order valence-electron chi connectivity index (χ4n) is 1.91. The lowest BCUT2D eigenvalue weighted by atomic mass is 10.0. The first-order valence-corrected chi connectivity index (χ1v) is 4.82. The topological polar surface area (TPSA) is 15.3 Å². The molecule has 2 heteroatoms. The second kappa shape index (κ2) is 3.29. The van der Waals surface area contributed by atoms with Crippen molar-refractivity contribution in [3.05, 3.63) is 23.8 Å². The maximum absolute atomic E-state index is 3.43. The number of benzene rings is 1. The summed E-state index contributed by atoms with van der Waals surface area (Å²) in [5, 5.41) is 3.43. The van der Waals surface area contributed by atoms with Crippen molar-refractivity contribution in [1.29, 1.82) is 0 Å². The molecule has 1 aromatic rings. The van der Waals surface area contributed by atoms with Crippen LogP contribution in [-0.4, -0.2) is 20.6 Å². The van der Waals surface area contributed by atoms with Crippen LogP contribution >= 0.6 is 0 Å². The maximum Gasteiger partial charge on any atom is 0.0414 e. The molecule has 1 aromatic carbocycles. The summed E-state index contributed by atoms with van der Waals surface area (Å²) in [7, 11) is 4.20. The van der Waals surface area contributed by atoms with Gasteiger partial charge in [-0.2, -0.15) is 0 Å². The zero-order valence-electron chi connectivity index (χ0n) is 8.30. The molecule has 0 aromatic heterocycles. The quantitative estimate of drug-likeness (QED) is 0.705. The molecule has 1 aliphatic heterocycles. The Hall–Kier alpha value is -1.18. The summed E-state index contributed by atoms with van der Waals surface area (Å²) in [6.07, 6.45) is 2.45. The van der Waals surface area contributed by atoms with Crippen LogP contribution in [-0.2, 0) is 6.42 Å². The lowest BCUT2D eigenvalue weighted by Crippen LogP contribution is -2.17. The van der Waals surface area contributed by atoms with Crippen molar-refractivity contribution < 1.29 is 0 Å². The molecular weight excluding hydrogens is 160 g/mol. The molecule has 70 valence electrons. The highest BCUT2D eigenvalue weighted by molar-refractivity contribution is 5.67. The van der Waals surface area contributed by atoms with E-state index in [-0.39, 0.29) is 0 Å². The molecule has 0 spiro atoms. The van der Waals surface area contributed by atoms with Gasteiger partial charge in [0.1, 0.15) is 0 Å². The van der Waals surface area contributed by atoms with E-state index < -0.39 is 0 Å². The molecular formula is C11H16N2. The van der Waals surface area contributed by atoms with Crippen LogP contribution in [0.5, 0.6) is 0 Å². The van der Waals surface area contributed by atoms with Crippen molar-refractivity contribution in [2.45, 2.75) is 12.8 Å². The Bertz CT molecular complexity index is 305. The minimum absolute atomic E-state index is 1.11. The van der Waals surface area contributed by atoms with Gasteiger partial charge in [-0.25, -0.2) is 0 Å². The van der Waals surface area contributed by atoms with Crippen molar-refractivity contribution in [2.24, 2.45) is 0 Å². The molecule has 0 atom stereocenters. The zero-order chi connectivity index (χ0) is 9.26. The number of anilines is 2. The molecule has 0 radical (unpaired) electrons. The minimum atomic E-state index is 1.11. The van der Waals surface area contributed by atoms with Crippen LogP contribution in [0, 0.1) is 0 Å². The number of hydrogen-bond acceptors (Lipinski definition) is 2. The third kappa shape index (κ3) is 1.48. The van der Waals surface area contributed by atoms with Crippen LogP contribution in [0.25, 0.3) is 0 Å². The highest BCUT2D eigenvalue weighted by atomic mass is 15.1. The largest absolute Gasteiger partial charge is 0.385 e. The molecule has 2 rings (SSSR count). The van der Waals surface area contributed by atoms with Crippen LogP contribution in [0.2, 0.25) is 0 Å². The van der Waals surface area contributed by atoms with Crippen LogP contribution in [0.1, 0.15) is 12.0 Å². The van der Waals surface area contributed by atoms with Gasteiger partial charge in [-0.3, -0.25) is 0 Å². The predicted molar refractivity (Wildman–Crippen MR) is 57.6 cm³/mol. The predicted octanol–water partition coefficient (Wildman–Crippen LogP) is 2.11. The van der Waals surface area contributed by atoms with Crippen molar-refractivity contribution in [2.75, 3.05) is 30.9 Å². The lowest BCUT2D eigenvalue weighted by molar-refractivity contribution is 0.826. The van der Waals surface area contributed by atoms with Gasteiger partial charge in [0.25, 0.3) is 0 Å². The van der Waals surface area contributed by atoms with Crippen LogP contribution in [0.3, 0.4) is 0 Å². The van der Waals surface area contributed by atoms with Gasteiger partial charge < -0.3 is 10.2 Å². The molecule has 2 nitrogen and oxygen atoms in total. The summed E-state index contributed by atoms with van der Waals surface area (Å²) in [4.78, 5) is 2.19. The molecule has 0 saturated carbocycles. The summed E-state index contributed by atoms with van der Waals surface area (Å²) in [6.45, 7) is 1.11. The normalized spacial score (nSPS) is 14.6. The number of rotatable bonds is 1. The summed E-state index contributed by atoms with van der Waals surface area (Å²) in [6, 6.07) is 6.47. The molecule has 1 N–H and O–H groups in total. The highest BCUT2D eigenvalue weighted by Crippen LogP contribution is 2.30. The van der Waals surface area contributed by atoms with E-state index in [9.17, 15) is 0 Å². The minimum Gasteiger partial charge on any atom is -0.385 e. The monoisotopic (exact) mass is 176 g/mol. The van der Waals surface area contributed by atoms with Crippen LogP contribution < -0.4 is 10.2 Å². The van der Waals surface area contributed by atoms with Crippen molar-refractivity contribution in [1.82, 2.24) is 0 Å². The molecule has 0 aliphatic carbocycles. The van der Waals surface area contributed by atoms with E-state index in [2.05, 4.69) is 42.5 Å². The Morgan fingerprint density at radius 2 is 2.15 bits per heavy atom. The molecule has 1 aliphatic rings. The first-order chi connectivity index (χ1) is 6.29. The molecule has 0 amide bonds. The van der Waals surface area contributed by atoms with E-state index in [1.807, 2.05) is 0 Å². The summed E-state index contributed by atoms with van der Waals surface area (Å²) in [5.74, 6) is 0. The van der Waals surface area contributed by atoms with E-state index in [0.29, 0.717) is 0 Å². The summed E-state index contributed by atoms with van der Waals surface area (Å²) < 4.78 is 0. The molecule has 0 bridgehead atoms. The fraction of sp³-hybridized carbons (Fsp3) is 0.455. The Morgan fingerprint density at radius 1 is 1.31 bits per heavy atom. The van der Waals surface area contributed by atoms with Gasteiger partial charge >= 0.3 is 0 Å². The van der Waals surface area contributed by atoms with Gasteiger partial charge in [0.2, 0.25) is 0 Å². The van der Waals surface area contributed by atoms with Gasteiger partial charge in [0, 0.05) is 32.0 Å². The number of nitrogens with one attached hydrogen (secondary N) is 1. The molecule has 0 fully saturated rings. The second-order valence-electron chi connectivity index (χ2n) is 3.73. The Labute approximate surface area is 79.6 Å². The van der Waals surface area contributed by atoms with E-state index in [0.717, 1.165) is 6.54 Å². The second-order valence-corrected chi connectivity index (χ2v) is 3.73. The van der Waals surface area contributed by atoms with Gasteiger partial charge in [-0.1, -0.05) is 6.07 Å². The number of hydrogen-bond donors (Lipinski definition) is 1. The average molecular weight is 176 g/mol. The number of fused-ring (bicyclic) bond motifs is 1. The van der Waals surface area contributed by atoms with E-state index in [4.69, 9.17) is 0 Å². The van der Waals surface area contributed by atoms with E-state index in [1.165, 1.54) is 29.8 Å². The Morgan fingerprint density at radius 3 is 2.92 bits per heavy atom. The maximum atomic E-state index is 3.43. The molecule has 0 saturated heterocycles. The average Bonchev–Trinajstić information content (AvgIpc) is 2.17. The highest BCUT2D eigenvalue weighted by Gasteiger charge is 2.12. The molecule has 13 heavy (non-hydrogen) atoms. The SMILES string of the molecule is CN(C)c1cccc2c1CCCN2. The smallest absolute Gasteiger partial charge is 0.0414 e. The first-order valence-electron chi connectivity index (χ1n) is 4.82. The third-order valence-corrected chi connectivity index (χ3v) is 2.55. The van der Waals surface area contributed by atoms with Crippen LogP contribution in [0.4, 0.5) is 11.4 Å². The van der Waals surface area contributed by atoms with Crippen LogP contribution in [0.15, 0.2) is 18.2 Å². The van der Waals surface area contributed by atoms with E-state index in [1.54, 1.807) is 0 Å². The van der Waals surface area contributed by atoms with Gasteiger partial charge in [-0.05, 0) is 30.5 Å². The van der Waals surface area contributed by atoms with Gasteiger partial charge in [0.05, 0.1) is 0 Å². The number of nitrogens with zero attached hydrogens (tertiary/aromatic N) is 1. The molecule has 0 unspecified atom stereocenters. The lowest BCUT2D eigenvalue weighted by Gasteiger charge is -2.24. The molecule has 1 heterocycles. The Kier molecular flexibility index (Phi) is 2.13. The third-order valence-electron chi connectivity index (χ3n) is 2.55. The van der Waals surface area contributed by atoms with Crippen molar-refractivity contribution >= 4 is 11.4 Å². The summed E-state index contributed by atoms with van der Waals surface area (Å²) in [5.41, 5.74) is 4.14. The fourth-order valence-corrected chi connectivity index (χ4v) is 1.91. The van der Waals surface area contributed by atoms with Gasteiger partial charge in [0.15, 0.2) is 0 Å². The van der Waals surface area contributed by atoms with E-state index >= 15 is 0 Å². The van der Waals surface area contributed by atoms with Gasteiger partial charge in [-0.15, -0.1) is 0 Å². The van der Waals surface area contributed by atoms with Crippen molar-refractivity contribution in [3.63, 3.8) is 0 Å². The summed E-state index contributed by atoms with van der Waals surface area (Å²) >= 11 is 0. The standard InChI is InChI=1S/C11H16N2/c1-13(2)11-7-3-6-10-9(11)5-4-8-12-10/h3,6-7,12H,4-5,8H2,1-2H3.